The smallest absolute Gasteiger partial charge is 0.226 e. The lowest BCUT2D eigenvalue weighted by Crippen LogP contribution is -2.42. The number of aromatic nitrogens is 3. The summed E-state index contributed by atoms with van der Waals surface area (Å²) in [5, 5.41) is 8.80. The van der Waals surface area contributed by atoms with Gasteiger partial charge in [-0.15, -0.1) is 10.2 Å². The van der Waals surface area contributed by atoms with Gasteiger partial charge in [-0.25, -0.2) is 0 Å². The summed E-state index contributed by atoms with van der Waals surface area (Å²) in [4.78, 5) is 28.5. The number of fused-ring (bicyclic) bond motifs is 1. The van der Waals surface area contributed by atoms with Gasteiger partial charge in [-0.2, -0.15) is 0 Å². The number of rotatable bonds is 2. The van der Waals surface area contributed by atoms with E-state index in [1.165, 1.54) is 11.1 Å². The maximum absolute atomic E-state index is 13.0. The Labute approximate surface area is 166 Å². The molecule has 0 unspecified atom stereocenters. The van der Waals surface area contributed by atoms with Crippen molar-refractivity contribution in [1.29, 1.82) is 0 Å². The lowest BCUT2D eigenvalue weighted by Gasteiger charge is -2.35. The SMILES string of the molecule is CC(=O)N1CCn2c(nnc2C2CCN(C(=O)[C@H]3CCC(C)=C(C)C3)CC2)C1. The molecule has 1 atom stereocenters. The van der Waals surface area contributed by atoms with Crippen molar-refractivity contribution in [3.63, 3.8) is 0 Å². The number of hydrogen-bond donors (Lipinski definition) is 0. The van der Waals surface area contributed by atoms with Crippen molar-refractivity contribution in [1.82, 2.24) is 24.6 Å². The van der Waals surface area contributed by atoms with Gasteiger partial charge in [0.2, 0.25) is 11.8 Å². The summed E-state index contributed by atoms with van der Waals surface area (Å²) < 4.78 is 2.19. The standard InChI is InChI=1S/C21H31N5O2/c1-14-4-5-18(12-15(14)2)21(28)24-8-6-17(7-9-24)20-23-22-19-13-25(16(3)27)10-11-26(19)20/h17-18H,4-13H2,1-3H3/t18-/m0/s1. The minimum absolute atomic E-state index is 0.0885. The molecule has 2 aliphatic heterocycles. The van der Waals surface area contributed by atoms with Gasteiger partial charge in [0.15, 0.2) is 5.82 Å². The van der Waals surface area contributed by atoms with Crippen LogP contribution in [0.5, 0.6) is 0 Å². The number of likely N-dealkylation sites (tertiary alicyclic amines) is 1. The second-order valence-electron chi connectivity index (χ2n) is 8.67. The van der Waals surface area contributed by atoms with Gasteiger partial charge in [0.1, 0.15) is 5.82 Å². The monoisotopic (exact) mass is 385 g/mol. The minimum Gasteiger partial charge on any atom is -0.342 e. The molecular formula is C21H31N5O2. The normalized spacial score (nSPS) is 23.8. The van der Waals surface area contributed by atoms with E-state index in [2.05, 4.69) is 33.5 Å². The molecule has 3 aliphatic rings. The van der Waals surface area contributed by atoms with E-state index in [0.717, 1.165) is 69.9 Å². The summed E-state index contributed by atoms with van der Waals surface area (Å²) in [5.41, 5.74) is 2.86. The maximum atomic E-state index is 13.0. The van der Waals surface area contributed by atoms with Gasteiger partial charge >= 0.3 is 0 Å². The highest BCUT2D eigenvalue weighted by atomic mass is 16.2. The minimum atomic E-state index is 0.0885. The van der Waals surface area contributed by atoms with Crippen LogP contribution in [-0.4, -0.2) is 56.0 Å². The molecule has 0 radical (unpaired) electrons. The first-order chi connectivity index (χ1) is 13.4. The predicted molar refractivity (Wildman–Crippen MR) is 105 cm³/mol. The molecule has 0 spiro atoms. The zero-order chi connectivity index (χ0) is 19.8. The van der Waals surface area contributed by atoms with Crippen LogP contribution in [-0.2, 0) is 22.7 Å². The van der Waals surface area contributed by atoms with E-state index in [4.69, 9.17) is 0 Å². The third-order valence-corrected chi connectivity index (χ3v) is 6.90. The van der Waals surface area contributed by atoms with Crippen LogP contribution in [0.1, 0.15) is 70.4 Å². The van der Waals surface area contributed by atoms with Gasteiger partial charge < -0.3 is 14.4 Å². The fraction of sp³-hybridized carbons (Fsp3) is 0.714. The van der Waals surface area contributed by atoms with Gasteiger partial charge in [-0.1, -0.05) is 11.1 Å². The molecule has 7 nitrogen and oxygen atoms in total. The molecule has 28 heavy (non-hydrogen) atoms. The molecule has 2 amide bonds. The highest BCUT2D eigenvalue weighted by molar-refractivity contribution is 5.79. The lowest BCUT2D eigenvalue weighted by molar-refractivity contribution is -0.137. The molecule has 1 aliphatic carbocycles. The summed E-state index contributed by atoms with van der Waals surface area (Å²) in [6.45, 7) is 9.62. The molecular weight excluding hydrogens is 354 g/mol. The van der Waals surface area contributed by atoms with Crippen LogP contribution in [0.2, 0.25) is 0 Å². The average Bonchev–Trinajstić information content (AvgIpc) is 3.13. The average molecular weight is 386 g/mol. The van der Waals surface area contributed by atoms with Gasteiger partial charge in [-0.05, 0) is 46.0 Å². The summed E-state index contributed by atoms with van der Waals surface area (Å²) in [7, 11) is 0. The van der Waals surface area contributed by atoms with Crippen LogP contribution < -0.4 is 0 Å². The molecule has 7 heteroatoms. The van der Waals surface area contributed by atoms with Crippen molar-refractivity contribution in [2.24, 2.45) is 5.92 Å². The third-order valence-electron chi connectivity index (χ3n) is 6.90. The molecule has 1 saturated heterocycles. The van der Waals surface area contributed by atoms with Crippen molar-refractivity contribution >= 4 is 11.8 Å². The van der Waals surface area contributed by atoms with Gasteiger partial charge in [-0.3, -0.25) is 9.59 Å². The zero-order valence-corrected chi connectivity index (χ0v) is 17.3. The fourth-order valence-corrected chi connectivity index (χ4v) is 4.83. The van der Waals surface area contributed by atoms with Crippen molar-refractivity contribution < 1.29 is 9.59 Å². The molecule has 152 valence electrons. The molecule has 1 aromatic rings. The Kier molecular flexibility index (Phi) is 5.25. The number of piperidine rings is 1. The van der Waals surface area contributed by atoms with Gasteiger partial charge in [0, 0.05) is 44.9 Å². The van der Waals surface area contributed by atoms with Crippen molar-refractivity contribution in [2.45, 2.75) is 71.9 Å². The number of nitrogens with zero attached hydrogens (tertiary/aromatic N) is 5. The summed E-state index contributed by atoms with van der Waals surface area (Å²) in [6.07, 6.45) is 4.87. The Bertz CT molecular complexity index is 804. The Hall–Kier alpha value is -2.18. The van der Waals surface area contributed by atoms with E-state index in [1.807, 2.05) is 4.90 Å². The van der Waals surface area contributed by atoms with Crippen molar-refractivity contribution in [3.8, 4) is 0 Å². The molecule has 1 aromatic heterocycles. The van der Waals surface area contributed by atoms with Crippen LogP contribution in [0.3, 0.4) is 0 Å². The van der Waals surface area contributed by atoms with Crippen LogP contribution >= 0.6 is 0 Å². The van der Waals surface area contributed by atoms with Crippen LogP contribution in [0.25, 0.3) is 0 Å². The van der Waals surface area contributed by atoms with E-state index in [1.54, 1.807) is 6.92 Å². The van der Waals surface area contributed by atoms with Crippen molar-refractivity contribution in [2.75, 3.05) is 19.6 Å². The van der Waals surface area contributed by atoms with E-state index in [0.29, 0.717) is 18.4 Å². The van der Waals surface area contributed by atoms with Gasteiger partial charge in [0.05, 0.1) is 6.54 Å². The van der Waals surface area contributed by atoms with Crippen LogP contribution in [0.15, 0.2) is 11.1 Å². The zero-order valence-electron chi connectivity index (χ0n) is 17.3. The Morgan fingerprint density at radius 2 is 1.68 bits per heavy atom. The van der Waals surface area contributed by atoms with E-state index >= 15 is 0 Å². The maximum Gasteiger partial charge on any atom is 0.226 e. The topological polar surface area (TPSA) is 71.3 Å². The molecule has 4 rings (SSSR count). The Morgan fingerprint density at radius 1 is 0.929 bits per heavy atom. The molecule has 0 aromatic carbocycles. The van der Waals surface area contributed by atoms with Crippen LogP contribution in [0.4, 0.5) is 0 Å². The first kappa shape index (κ1) is 19.2. The Balaban J connectivity index is 1.36. The largest absolute Gasteiger partial charge is 0.342 e. The number of carbonyl (C=O) groups excluding carboxylic acids is 2. The highest BCUT2D eigenvalue weighted by Crippen LogP contribution is 2.33. The van der Waals surface area contributed by atoms with E-state index in [-0.39, 0.29) is 11.8 Å². The Morgan fingerprint density at radius 3 is 2.36 bits per heavy atom. The highest BCUT2D eigenvalue weighted by Gasteiger charge is 2.33. The molecule has 0 saturated carbocycles. The van der Waals surface area contributed by atoms with Crippen molar-refractivity contribution in [3.05, 3.63) is 22.8 Å². The van der Waals surface area contributed by atoms with Crippen LogP contribution in [0, 0.1) is 5.92 Å². The molecule has 0 N–H and O–H groups in total. The second-order valence-corrected chi connectivity index (χ2v) is 8.67. The number of carbonyl (C=O) groups is 2. The quantitative estimate of drug-likeness (QED) is 0.734. The first-order valence-electron chi connectivity index (χ1n) is 10.6. The predicted octanol–water partition coefficient (Wildman–Crippen LogP) is 2.48. The lowest BCUT2D eigenvalue weighted by atomic mass is 9.83. The first-order valence-corrected chi connectivity index (χ1v) is 10.6. The number of allylic oxidation sites excluding steroid dienone is 2. The summed E-state index contributed by atoms with van der Waals surface area (Å²) in [6, 6.07) is 0. The molecule has 3 heterocycles. The fourth-order valence-electron chi connectivity index (χ4n) is 4.83. The van der Waals surface area contributed by atoms with E-state index < -0.39 is 0 Å². The summed E-state index contributed by atoms with van der Waals surface area (Å²) >= 11 is 0. The number of amides is 2. The third kappa shape index (κ3) is 3.59. The molecule has 0 bridgehead atoms. The summed E-state index contributed by atoms with van der Waals surface area (Å²) in [5.74, 6) is 2.87. The number of hydrogen-bond acceptors (Lipinski definition) is 4. The second kappa shape index (κ2) is 7.68. The molecule has 1 fully saturated rings. The van der Waals surface area contributed by atoms with Gasteiger partial charge in [0.25, 0.3) is 0 Å². The van der Waals surface area contributed by atoms with E-state index in [9.17, 15) is 9.59 Å².